The Labute approximate surface area is 244 Å². The fraction of sp³-hybridized carbons (Fsp3) is 0.469. The van der Waals surface area contributed by atoms with Gasteiger partial charge in [0.2, 0.25) is 6.54 Å². The lowest BCUT2D eigenvalue weighted by atomic mass is 9.98. The number of anilines is 1. The van der Waals surface area contributed by atoms with Crippen molar-refractivity contribution in [1.29, 1.82) is 0 Å². The minimum atomic E-state index is -0.513. The zero-order valence-corrected chi connectivity index (χ0v) is 23.8. The van der Waals surface area contributed by atoms with Crippen LogP contribution < -0.4 is 9.64 Å². The van der Waals surface area contributed by atoms with Crippen molar-refractivity contribution in [2.45, 2.75) is 44.8 Å². The highest BCUT2D eigenvalue weighted by molar-refractivity contribution is 6.00. The highest BCUT2D eigenvalue weighted by Crippen LogP contribution is 2.36. The molecule has 0 spiro atoms. The molecule has 42 heavy (non-hydrogen) atoms. The van der Waals surface area contributed by atoms with Crippen LogP contribution in [-0.4, -0.2) is 82.9 Å². The van der Waals surface area contributed by atoms with Gasteiger partial charge in [-0.2, -0.15) is 9.97 Å². The molecule has 3 atom stereocenters. The van der Waals surface area contributed by atoms with E-state index < -0.39 is 5.82 Å². The van der Waals surface area contributed by atoms with Crippen molar-refractivity contribution >= 4 is 27.5 Å². The fourth-order valence-electron chi connectivity index (χ4n) is 6.84. The number of pyridine rings is 2. The molecule has 7 rings (SSSR count). The van der Waals surface area contributed by atoms with Gasteiger partial charge in [-0.3, -0.25) is 14.9 Å². The minimum absolute atomic E-state index is 0.166. The van der Waals surface area contributed by atoms with E-state index in [1.807, 2.05) is 25.1 Å². The topological polar surface area (TPSA) is 80.9 Å². The first-order chi connectivity index (χ1) is 20.6. The normalized spacial score (nSPS) is 22.2. The molecule has 3 saturated heterocycles. The maximum Gasteiger partial charge on any atom is 0.319 e. The lowest BCUT2D eigenvalue weighted by Crippen LogP contribution is -2.38. The van der Waals surface area contributed by atoms with Gasteiger partial charge in [0, 0.05) is 67.7 Å². The predicted octanol–water partition coefficient (Wildman–Crippen LogP) is 5.07. The zero-order chi connectivity index (χ0) is 28.6. The fourth-order valence-corrected chi connectivity index (χ4v) is 6.84. The van der Waals surface area contributed by atoms with Gasteiger partial charge in [-0.25, -0.2) is 11.0 Å². The monoisotopic (exact) mass is 567 g/mol. The summed E-state index contributed by atoms with van der Waals surface area (Å²) < 4.78 is 28.3. The summed E-state index contributed by atoms with van der Waals surface area (Å²) in [5, 5.41) is 2.39. The summed E-state index contributed by atoms with van der Waals surface area (Å²) in [5.41, 5.74) is 2.05. The van der Waals surface area contributed by atoms with Crippen LogP contribution in [0.25, 0.3) is 37.8 Å². The van der Waals surface area contributed by atoms with Crippen LogP contribution in [0.1, 0.15) is 31.2 Å². The molecule has 0 radical (unpaired) electrons. The van der Waals surface area contributed by atoms with Gasteiger partial charge >= 0.3 is 6.01 Å². The average Bonchev–Trinajstić information content (AvgIpc) is 3.64. The summed E-state index contributed by atoms with van der Waals surface area (Å²) in [6, 6.07) is 6.62. The first-order valence-electron chi connectivity index (χ1n) is 14.9. The lowest BCUT2D eigenvalue weighted by Gasteiger charge is -2.32. The number of hydrogen-bond acceptors (Lipinski definition) is 8. The number of morpholine rings is 1. The van der Waals surface area contributed by atoms with Crippen molar-refractivity contribution < 1.29 is 13.9 Å². The first kappa shape index (κ1) is 26.9. The molecule has 3 aliphatic rings. The summed E-state index contributed by atoms with van der Waals surface area (Å²) in [5.74, 6) is 0.345. The maximum absolute atomic E-state index is 16.5. The summed E-state index contributed by atoms with van der Waals surface area (Å²) in [4.78, 5) is 26.6. The average molecular weight is 568 g/mol. The standard InChI is InChI=1S/C32H34FN7O2/c1-20-6-3-8-22-14-35-15-25(27(20)22)29-28(33)30-26(16-36-29)31(40-9-4-7-21(17-40)13-34-2)38-32(37-30)41-11-5-10-39-18-24-12-23(39)19-42-24/h3,6,8,14-16,21,23-24H,4-5,7,9-13,17-19H2,1H3/t21-,23-,24-/m0/s1. The molecule has 4 aromatic rings. The Morgan fingerprint density at radius 3 is 2.95 bits per heavy atom. The molecule has 0 aliphatic carbocycles. The van der Waals surface area contributed by atoms with E-state index in [2.05, 4.69) is 29.6 Å². The second kappa shape index (κ2) is 11.4. The Kier molecular flexibility index (Phi) is 7.30. The number of likely N-dealkylation sites (tertiary alicyclic amines) is 1. The Hall–Kier alpha value is -3.94. The first-order valence-corrected chi connectivity index (χ1v) is 14.9. The van der Waals surface area contributed by atoms with E-state index in [4.69, 9.17) is 21.0 Å². The van der Waals surface area contributed by atoms with Crippen LogP contribution in [0.2, 0.25) is 0 Å². The van der Waals surface area contributed by atoms with Crippen molar-refractivity contribution in [1.82, 2.24) is 24.8 Å². The molecule has 2 bridgehead atoms. The number of rotatable bonds is 8. The van der Waals surface area contributed by atoms with Gasteiger partial charge in [-0.15, -0.1) is 0 Å². The van der Waals surface area contributed by atoms with Gasteiger partial charge in [0.05, 0.1) is 24.7 Å². The third kappa shape index (κ3) is 5.01. The molecule has 0 saturated carbocycles. The Balaban J connectivity index is 1.24. The number of aryl methyl sites for hydroxylation is 1. The van der Waals surface area contributed by atoms with E-state index in [1.165, 1.54) is 0 Å². The van der Waals surface area contributed by atoms with E-state index in [0.717, 1.165) is 68.3 Å². The van der Waals surface area contributed by atoms with Crippen LogP contribution in [0.4, 0.5) is 10.2 Å². The molecular formula is C32H34FN7O2. The molecule has 3 aromatic heterocycles. The van der Waals surface area contributed by atoms with Gasteiger partial charge in [-0.05, 0) is 43.6 Å². The van der Waals surface area contributed by atoms with Crippen LogP contribution in [0.15, 0.2) is 36.8 Å². The van der Waals surface area contributed by atoms with Crippen LogP contribution in [0, 0.1) is 25.2 Å². The number of halogens is 1. The molecule has 3 aliphatic heterocycles. The quantitative estimate of drug-likeness (QED) is 0.216. The number of nitrogens with zero attached hydrogens (tertiary/aromatic N) is 7. The SMILES string of the molecule is [C-]#[N+]C[C@@H]1CCCN(c2nc(OCCCN3C[C@@H]4C[C@H]3CO4)nc3c(F)c(-c4cncc5cccc(C)c45)ncc23)C1. The maximum atomic E-state index is 16.5. The van der Waals surface area contributed by atoms with E-state index in [9.17, 15) is 0 Å². The van der Waals surface area contributed by atoms with E-state index >= 15 is 4.39 Å². The Morgan fingerprint density at radius 2 is 2.12 bits per heavy atom. The Morgan fingerprint density at radius 1 is 1.19 bits per heavy atom. The largest absolute Gasteiger partial charge is 0.463 e. The molecule has 0 N–H and O–H groups in total. The molecular weight excluding hydrogens is 533 g/mol. The molecule has 9 nitrogen and oxygen atoms in total. The van der Waals surface area contributed by atoms with Crippen molar-refractivity contribution in [3.63, 3.8) is 0 Å². The predicted molar refractivity (Wildman–Crippen MR) is 159 cm³/mol. The molecule has 6 heterocycles. The van der Waals surface area contributed by atoms with E-state index in [0.29, 0.717) is 48.6 Å². The van der Waals surface area contributed by atoms with E-state index in [-0.39, 0.29) is 23.1 Å². The molecule has 1 aromatic carbocycles. The van der Waals surface area contributed by atoms with Gasteiger partial charge in [0.15, 0.2) is 5.82 Å². The third-order valence-electron chi connectivity index (χ3n) is 8.89. The summed E-state index contributed by atoms with van der Waals surface area (Å²) >= 11 is 0. The summed E-state index contributed by atoms with van der Waals surface area (Å²) in [7, 11) is 0. The van der Waals surface area contributed by atoms with Gasteiger partial charge < -0.3 is 19.2 Å². The van der Waals surface area contributed by atoms with Gasteiger partial charge in [-0.1, -0.05) is 18.2 Å². The number of benzene rings is 1. The van der Waals surface area contributed by atoms with Crippen molar-refractivity contribution in [3.05, 3.63) is 59.6 Å². The zero-order valence-electron chi connectivity index (χ0n) is 23.8. The molecule has 0 amide bonds. The third-order valence-corrected chi connectivity index (χ3v) is 8.89. The number of hydrogen-bond donors (Lipinski definition) is 0. The number of ether oxygens (including phenoxy) is 2. The molecule has 10 heteroatoms. The second-order valence-electron chi connectivity index (χ2n) is 11.7. The summed E-state index contributed by atoms with van der Waals surface area (Å²) in [6.07, 6.45) is 9.37. The minimum Gasteiger partial charge on any atom is -0.463 e. The van der Waals surface area contributed by atoms with Crippen LogP contribution in [0.5, 0.6) is 6.01 Å². The van der Waals surface area contributed by atoms with Crippen molar-refractivity contribution in [2.24, 2.45) is 5.92 Å². The van der Waals surface area contributed by atoms with Gasteiger partial charge in [0.1, 0.15) is 17.0 Å². The highest BCUT2D eigenvalue weighted by Gasteiger charge is 2.38. The van der Waals surface area contributed by atoms with Crippen molar-refractivity contribution in [2.75, 3.05) is 50.8 Å². The molecule has 0 unspecified atom stereocenters. The van der Waals surface area contributed by atoms with Crippen LogP contribution in [-0.2, 0) is 4.74 Å². The van der Waals surface area contributed by atoms with Crippen molar-refractivity contribution in [3.8, 4) is 17.3 Å². The molecule has 216 valence electrons. The van der Waals surface area contributed by atoms with Crippen LogP contribution >= 0.6 is 0 Å². The number of fused-ring (bicyclic) bond motifs is 4. The Bertz CT molecular complexity index is 1670. The number of aromatic nitrogens is 4. The smallest absolute Gasteiger partial charge is 0.319 e. The van der Waals surface area contributed by atoms with Gasteiger partial charge in [0.25, 0.3) is 0 Å². The summed E-state index contributed by atoms with van der Waals surface area (Å²) in [6.45, 7) is 14.4. The lowest BCUT2D eigenvalue weighted by molar-refractivity contribution is 0.0287. The van der Waals surface area contributed by atoms with E-state index in [1.54, 1.807) is 18.6 Å². The number of piperidine rings is 1. The highest BCUT2D eigenvalue weighted by atomic mass is 19.1. The van der Waals surface area contributed by atoms with Crippen LogP contribution in [0.3, 0.4) is 0 Å². The second-order valence-corrected chi connectivity index (χ2v) is 11.7. The molecule has 3 fully saturated rings.